The average Bonchev–Trinajstić information content (AvgIpc) is 3.54. The van der Waals surface area contributed by atoms with Gasteiger partial charge in [0.25, 0.3) is 5.91 Å². The number of aliphatic imine (C=N–C) groups is 1. The summed E-state index contributed by atoms with van der Waals surface area (Å²) in [5.74, 6) is -0.188. The van der Waals surface area contributed by atoms with Crippen LogP contribution in [0.25, 0.3) is 0 Å². The number of carbonyl (C=O) groups is 1. The molecule has 13 heteroatoms. The SMILES string of the molecule is CC.CC.CCC1=C(C(=O)NCc2ccc(C3C=C4CN(SC(F)(F)F)CCN4N3)nc2)N2C=C(C)C=NC2N1. The normalized spacial score (nSPS) is 21.7. The molecule has 0 aliphatic carbocycles. The molecule has 9 nitrogen and oxygen atoms in total. The highest BCUT2D eigenvalue weighted by molar-refractivity contribution is 7.97. The molecule has 2 unspecified atom stereocenters. The standard InChI is InChI=1S/C23H27F3N8OS.2C2H6/c1-3-17-20(33-12-14(2)9-29-22(33)30-17)21(35)28-11-15-4-5-18(27-10-15)19-8-16-13-32(36-23(24,25)26)6-7-34(16)31-19;2*1-2/h4-5,8-10,12,19,22,30-31H,3,6-7,11,13H2,1-2H3,(H,28,35);2*1-2H3. The fourth-order valence-corrected chi connectivity index (χ4v) is 5.20. The quantitative estimate of drug-likeness (QED) is 0.415. The third-order valence-electron chi connectivity index (χ3n) is 6.21. The lowest BCUT2D eigenvalue weighted by molar-refractivity contribution is -0.119. The van der Waals surface area contributed by atoms with Crippen LogP contribution in [0.3, 0.4) is 0 Å². The molecule has 220 valence electrons. The Balaban J connectivity index is 0.00000106. The minimum atomic E-state index is -4.29. The minimum Gasteiger partial charge on any atom is -0.348 e. The van der Waals surface area contributed by atoms with Crippen LogP contribution in [0.5, 0.6) is 0 Å². The molecule has 4 aliphatic heterocycles. The van der Waals surface area contributed by atoms with Crippen LogP contribution in [0, 0.1) is 0 Å². The van der Waals surface area contributed by atoms with Crippen molar-refractivity contribution in [2.24, 2.45) is 4.99 Å². The summed E-state index contributed by atoms with van der Waals surface area (Å²) in [5.41, 5.74) is 3.79. The number of hydrogen-bond donors (Lipinski definition) is 3. The predicted molar refractivity (Wildman–Crippen MR) is 153 cm³/mol. The Bertz CT molecular complexity index is 1150. The van der Waals surface area contributed by atoms with Crippen LogP contribution in [0.1, 0.15) is 65.3 Å². The fraction of sp³-hybridized carbons (Fsp3) is 0.519. The highest BCUT2D eigenvalue weighted by Gasteiger charge is 2.37. The summed E-state index contributed by atoms with van der Waals surface area (Å²) in [6.45, 7) is 13.2. The molecule has 0 radical (unpaired) electrons. The number of fused-ring (bicyclic) bond motifs is 2. The number of hydrazine groups is 1. The van der Waals surface area contributed by atoms with E-state index in [-0.39, 0.29) is 36.7 Å². The lowest BCUT2D eigenvalue weighted by atomic mass is 10.1. The van der Waals surface area contributed by atoms with E-state index in [1.165, 1.54) is 4.31 Å². The number of hydrogen-bond acceptors (Lipinski definition) is 9. The van der Waals surface area contributed by atoms with Gasteiger partial charge in [0.05, 0.1) is 18.3 Å². The van der Waals surface area contributed by atoms with E-state index in [9.17, 15) is 18.0 Å². The first kappa shape index (κ1) is 31.5. The molecule has 1 fully saturated rings. The lowest BCUT2D eigenvalue weighted by Crippen LogP contribution is -2.46. The van der Waals surface area contributed by atoms with Gasteiger partial charge in [-0.3, -0.25) is 9.78 Å². The number of nitrogens with one attached hydrogen (secondary N) is 3. The van der Waals surface area contributed by atoms with Crippen molar-refractivity contribution in [3.8, 4) is 0 Å². The van der Waals surface area contributed by atoms with E-state index in [4.69, 9.17) is 0 Å². The second kappa shape index (κ2) is 14.0. The van der Waals surface area contributed by atoms with Gasteiger partial charge in [0.1, 0.15) is 5.70 Å². The Labute approximate surface area is 238 Å². The number of allylic oxidation sites excluding steroid dienone is 2. The maximum absolute atomic E-state index is 13.0. The molecule has 0 bridgehead atoms. The van der Waals surface area contributed by atoms with Gasteiger partial charge in [0.15, 0.2) is 6.29 Å². The van der Waals surface area contributed by atoms with Crippen molar-refractivity contribution < 1.29 is 18.0 Å². The third kappa shape index (κ3) is 7.58. The Hall–Kier alpha value is -3.03. The van der Waals surface area contributed by atoms with Crippen LogP contribution in [0.15, 0.2) is 58.3 Å². The molecule has 5 heterocycles. The van der Waals surface area contributed by atoms with Crippen LogP contribution in [0.2, 0.25) is 0 Å². The molecule has 5 rings (SSSR count). The van der Waals surface area contributed by atoms with E-state index < -0.39 is 5.51 Å². The first-order chi connectivity index (χ1) is 19.2. The summed E-state index contributed by atoms with van der Waals surface area (Å²) < 4.78 is 39.5. The molecule has 4 aliphatic rings. The van der Waals surface area contributed by atoms with E-state index in [1.54, 1.807) is 12.4 Å². The van der Waals surface area contributed by atoms with Crippen LogP contribution in [-0.4, -0.2) is 62.8 Å². The summed E-state index contributed by atoms with van der Waals surface area (Å²) in [6, 6.07) is 3.55. The van der Waals surface area contributed by atoms with Crippen molar-refractivity contribution in [3.05, 3.63) is 64.5 Å². The summed E-state index contributed by atoms with van der Waals surface area (Å²) in [6.07, 6.45) is 7.70. The molecular formula is C27H39F3N8OS. The largest absolute Gasteiger partial charge is 0.456 e. The first-order valence-electron chi connectivity index (χ1n) is 13.7. The van der Waals surface area contributed by atoms with Gasteiger partial charge in [-0.2, -0.15) is 13.2 Å². The van der Waals surface area contributed by atoms with E-state index in [0.29, 0.717) is 31.8 Å². The van der Waals surface area contributed by atoms with Crippen LogP contribution >= 0.6 is 11.9 Å². The Morgan fingerprint density at radius 2 is 1.95 bits per heavy atom. The zero-order valence-corrected chi connectivity index (χ0v) is 24.7. The predicted octanol–water partition coefficient (Wildman–Crippen LogP) is 4.78. The number of nitrogens with zero attached hydrogens (tertiary/aromatic N) is 5. The van der Waals surface area contributed by atoms with Crippen LogP contribution in [0.4, 0.5) is 13.2 Å². The highest BCUT2D eigenvalue weighted by atomic mass is 32.2. The van der Waals surface area contributed by atoms with E-state index in [0.717, 1.165) is 28.2 Å². The van der Waals surface area contributed by atoms with Crippen molar-refractivity contribution in [1.29, 1.82) is 0 Å². The maximum Gasteiger partial charge on any atom is 0.456 e. The molecule has 0 saturated carbocycles. The number of amides is 1. The number of rotatable bonds is 6. The van der Waals surface area contributed by atoms with Crippen LogP contribution in [-0.2, 0) is 11.3 Å². The van der Waals surface area contributed by atoms with Crippen molar-refractivity contribution in [2.75, 3.05) is 19.6 Å². The van der Waals surface area contributed by atoms with Crippen molar-refractivity contribution in [3.63, 3.8) is 0 Å². The Morgan fingerprint density at radius 3 is 2.60 bits per heavy atom. The number of alkyl halides is 3. The van der Waals surface area contributed by atoms with Gasteiger partial charge >= 0.3 is 5.51 Å². The second-order valence-corrected chi connectivity index (χ2v) is 10.0. The average molecular weight is 581 g/mol. The molecule has 40 heavy (non-hydrogen) atoms. The van der Waals surface area contributed by atoms with E-state index >= 15 is 0 Å². The molecule has 0 aromatic carbocycles. The molecular weight excluding hydrogens is 541 g/mol. The molecule has 1 amide bonds. The van der Waals surface area contributed by atoms with Crippen LogP contribution < -0.4 is 16.1 Å². The molecule has 3 N–H and O–H groups in total. The first-order valence-corrected chi connectivity index (χ1v) is 14.5. The number of piperazine rings is 1. The van der Waals surface area contributed by atoms with Gasteiger partial charge in [0, 0.05) is 61.6 Å². The van der Waals surface area contributed by atoms with Gasteiger partial charge in [-0.05, 0) is 36.6 Å². The smallest absolute Gasteiger partial charge is 0.348 e. The van der Waals surface area contributed by atoms with E-state index in [2.05, 4.69) is 26.0 Å². The highest BCUT2D eigenvalue weighted by Crippen LogP contribution is 2.36. The monoisotopic (exact) mass is 580 g/mol. The molecule has 1 aromatic heterocycles. The summed E-state index contributed by atoms with van der Waals surface area (Å²) in [5, 5.41) is 8.14. The van der Waals surface area contributed by atoms with Crippen molar-refractivity contribution in [2.45, 2.75) is 72.3 Å². The topological polar surface area (TPSA) is 88.1 Å². The Morgan fingerprint density at radius 1 is 1.20 bits per heavy atom. The summed E-state index contributed by atoms with van der Waals surface area (Å²) >= 11 is -0.0820. The van der Waals surface area contributed by atoms with E-state index in [1.807, 2.05) is 75.9 Å². The molecule has 2 atom stereocenters. The van der Waals surface area contributed by atoms with Crippen molar-refractivity contribution in [1.82, 2.24) is 35.3 Å². The van der Waals surface area contributed by atoms with Gasteiger partial charge in [-0.1, -0.05) is 40.7 Å². The van der Waals surface area contributed by atoms with Gasteiger partial charge in [-0.15, -0.1) is 0 Å². The summed E-state index contributed by atoms with van der Waals surface area (Å²) in [4.78, 5) is 23.9. The molecule has 0 spiro atoms. The molecule has 1 aromatic rings. The summed E-state index contributed by atoms with van der Waals surface area (Å²) in [7, 11) is 0. The second-order valence-electron chi connectivity index (χ2n) is 8.85. The number of aromatic nitrogens is 1. The van der Waals surface area contributed by atoms with Crippen molar-refractivity contribution >= 4 is 24.1 Å². The fourth-order valence-electron chi connectivity index (χ4n) is 4.54. The minimum absolute atomic E-state index is 0.0820. The third-order valence-corrected chi connectivity index (χ3v) is 6.98. The van der Waals surface area contributed by atoms with Gasteiger partial charge in [0.2, 0.25) is 0 Å². The zero-order valence-electron chi connectivity index (χ0n) is 23.8. The van der Waals surface area contributed by atoms with Gasteiger partial charge in [-0.25, -0.2) is 14.7 Å². The number of halogens is 3. The lowest BCUT2D eigenvalue weighted by Gasteiger charge is -2.34. The zero-order chi connectivity index (χ0) is 29.4. The maximum atomic E-state index is 13.0. The molecule has 1 saturated heterocycles. The Kier molecular flexibility index (Phi) is 11.1. The van der Waals surface area contributed by atoms with Gasteiger partial charge < -0.3 is 20.5 Å². The number of carbonyl (C=O) groups excluding carboxylic acids is 1. The number of pyridine rings is 1.